The Hall–Kier alpha value is -0.650. The van der Waals surface area contributed by atoms with Gasteiger partial charge < -0.3 is 9.47 Å². The molecule has 0 amide bonds. The van der Waals surface area contributed by atoms with Crippen molar-refractivity contribution in [2.45, 2.75) is 70.6 Å². The summed E-state index contributed by atoms with van der Waals surface area (Å²) in [6, 6.07) is 0. The zero-order valence-corrected chi connectivity index (χ0v) is 13.2. The highest BCUT2D eigenvalue weighted by Gasteiger charge is 2.75. The van der Waals surface area contributed by atoms with Gasteiger partial charge in [0, 0.05) is 25.2 Å². The van der Waals surface area contributed by atoms with Crippen molar-refractivity contribution in [3.05, 3.63) is 0 Å². The molecule has 5 rings (SSSR count). The molecule has 1 saturated carbocycles. The fourth-order valence-corrected chi connectivity index (χ4v) is 5.27. The van der Waals surface area contributed by atoms with Gasteiger partial charge in [0.15, 0.2) is 5.60 Å². The summed E-state index contributed by atoms with van der Waals surface area (Å²) in [6.07, 6.45) is 3.81. The first-order chi connectivity index (χ1) is 9.81. The first kappa shape index (κ1) is 14.0. The van der Waals surface area contributed by atoms with Crippen LogP contribution in [0.25, 0.3) is 0 Å². The number of carbonyl (C=O) groups is 1. The van der Waals surface area contributed by atoms with Gasteiger partial charge in [-0.1, -0.05) is 13.8 Å². The molecule has 0 aromatic heterocycles. The van der Waals surface area contributed by atoms with E-state index in [1.54, 1.807) is 0 Å². The highest BCUT2D eigenvalue weighted by molar-refractivity contribution is 5.74. The largest absolute Gasteiger partial charge is 0.430 e. The average molecular weight is 296 g/mol. The SMILES string of the molecule is C[C@@H]1CC[C@H]2[C@@H](C)C(=O)OC3(C)OC4(C)CC[C@@H]1[C@@]23OO4. The number of esters is 1. The third-order valence-electron chi connectivity index (χ3n) is 6.38. The summed E-state index contributed by atoms with van der Waals surface area (Å²) in [5, 5.41) is 0. The van der Waals surface area contributed by atoms with Crippen LogP contribution >= 0.6 is 0 Å². The van der Waals surface area contributed by atoms with Gasteiger partial charge in [0.2, 0.25) is 11.6 Å². The third kappa shape index (κ3) is 1.55. The highest BCUT2D eigenvalue weighted by atomic mass is 17.3. The Kier molecular flexibility index (Phi) is 2.66. The number of hydrogen-bond acceptors (Lipinski definition) is 5. The number of ether oxygens (including phenoxy) is 2. The van der Waals surface area contributed by atoms with Crippen LogP contribution in [0.4, 0.5) is 0 Å². The summed E-state index contributed by atoms with van der Waals surface area (Å²) in [7, 11) is 0. The molecule has 4 aliphatic heterocycles. The van der Waals surface area contributed by atoms with Gasteiger partial charge in [0.25, 0.3) is 0 Å². The smallest absolute Gasteiger partial charge is 0.311 e. The van der Waals surface area contributed by atoms with E-state index in [2.05, 4.69) is 6.92 Å². The molecule has 4 saturated heterocycles. The van der Waals surface area contributed by atoms with Crippen LogP contribution < -0.4 is 0 Å². The number of carbonyl (C=O) groups excluding carboxylic acids is 1. The Labute approximate surface area is 125 Å². The molecule has 2 unspecified atom stereocenters. The fourth-order valence-electron chi connectivity index (χ4n) is 5.27. The summed E-state index contributed by atoms with van der Waals surface area (Å²) in [5.74, 6) is -1.35. The van der Waals surface area contributed by atoms with E-state index in [9.17, 15) is 4.79 Å². The second-order valence-corrected chi connectivity index (χ2v) is 7.66. The number of hydrogen-bond donors (Lipinski definition) is 0. The van der Waals surface area contributed by atoms with Crippen LogP contribution in [0.1, 0.15) is 53.4 Å². The van der Waals surface area contributed by atoms with Gasteiger partial charge in [-0.15, -0.1) is 0 Å². The Balaban J connectivity index is 1.90. The molecule has 118 valence electrons. The van der Waals surface area contributed by atoms with Crippen LogP contribution in [0.3, 0.4) is 0 Å². The first-order valence-corrected chi connectivity index (χ1v) is 8.11. The zero-order chi connectivity index (χ0) is 15.0. The van der Waals surface area contributed by atoms with Crippen molar-refractivity contribution in [3.63, 3.8) is 0 Å². The molecule has 0 radical (unpaired) electrons. The molecule has 5 fully saturated rings. The van der Waals surface area contributed by atoms with E-state index >= 15 is 0 Å². The summed E-state index contributed by atoms with van der Waals surface area (Å²) in [5.41, 5.74) is -0.673. The van der Waals surface area contributed by atoms with Gasteiger partial charge in [0.05, 0.1) is 5.92 Å². The van der Waals surface area contributed by atoms with Crippen LogP contribution in [0.5, 0.6) is 0 Å². The molecule has 2 bridgehead atoms. The lowest BCUT2D eigenvalue weighted by molar-refractivity contribution is -0.584. The molecule has 0 aromatic carbocycles. The predicted octanol–water partition coefficient (Wildman–Crippen LogP) is 2.79. The van der Waals surface area contributed by atoms with Gasteiger partial charge in [-0.3, -0.25) is 4.79 Å². The quantitative estimate of drug-likeness (QED) is 0.508. The fraction of sp³-hybridized carbons (Fsp3) is 0.938. The van der Waals surface area contributed by atoms with Crippen LogP contribution in [-0.2, 0) is 24.0 Å². The standard InChI is InChI=1S/C16H24O5/c1-9-5-6-12-10(2)13(17)18-15(4)16(12)11(9)7-8-14(3,19-15)20-21-16/h9-12H,5-8H2,1-4H3/t9-,10-,11+,12+,14?,15?,16-/m1/s1. The van der Waals surface area contributed by atoms with Crippen LogP contribution in [0.15, 0.2) is 0 Å². The molecule has 0 N–H and O–H groups in total. The minimum Gasteiger partial charge on any atom is -0.430 e. The van der Waals surface area contributed by atoms with E-state index in [1.165, 1.54) is 0 Å². The molecule has 4 heterocycles. The van der Waals surface area contributed by atoms with E-state index in [1.807, 2.05) is 20.8 Å². The molecule has 1 spiro atoms. The summed E-state index contributed by atoms with van der Waals surface area (Å²) < 4.78 is 12.0. The summed E-state index contributed by atoms with van der Waals surface area (Å²) >= 11 is 0. The summed E-state index contributed by atoms with van der Waals surface area (Å²) in [4.78, 5) is 24.0. The molecular formula is C16H24O5. The van der Waals surface area contributed by atoms with Crippen molar-refractivity contribution in [2.75, 3.05) is 0 Å². The lowest BCUT2D eigenvalue weighted by atomic mass is 9.56. The number of fused-ring (bicyclic) bond motifs is 2. The molecule has 5 heteroatoms. The predicted molar refractivity (Wildman–Crippen MR) is 72.7 cm³/mol. The molecule has 0 aromatic rings. The van der Waals surface area contributed by atoms with Crippen molar-refractivity contribution in [1.29, 1.82) is 0 Å². The van der Waals surface area contributed by atoms with Gasteiger partial charge >= 0.3 is 5.97 Å². The van der Waals surface area contributed by atoms with Crippen molar-refractivity contribution in [2.24, 2.45) is 23.7 Å². The second-order valence-electron chi connectivity index (χ2n) is 7.66. The number of rotatable bonds is 0. The normalized spacial score (nSPS) is 59.1. The second kappa shape index (κ2) is 4.00. The van der Waals surface area contributed by atoms with Crippen molar-refractivity contribution in [1.82, 2.24) is 0 Å². The molecule has 21 heavy (non-hydrogen) atoms. The minimum atomic E-state index is -1.05. The van der Waals surface area contributed by atoms with E-state index in [4.69, 9.17) is 19.2 Å². The first-order valence-electron chi connectivity index (χ1n) is 8.11. The molecule has 5 nitrogen and oxygen atoms in total. The molecular weight excluding hydrogens is 272 g/mol. The highest BCUT2D eigenvalue weighted by Crippen LogP contribution is 2.63. The van der Waals surface area contributed by atoms with Gasteiger partial charge in [-0.2, -0.15) is 0 Å². The van der Waals surface area contributed by atoms with Crippen molar-refractivity contribution in [3.8, 4) is 0 Å². The van der Waals surface area contributed by atoms with E-state index in [0.29, 0.717) is 11.8 Å². The maximum Gasteiger partial charge on any atom is 0.311 e. The van der Waals surface area contributed by atoms with Crippen LogP contribution in [0, 0.1) is 23.7 Å². The lowest BCUT2D eigenvalue weighted by Gasteiger charge is -2.62. The maximum atomic E-state index is 12.3. The monoisotopic (exact) mass is 296 g/mol. The lowest BCUT2D eigenvalue weighted by Crippen LogP contribution is -2.75. The Bertz CT molecular complexity index is 493. The van der Waals surface area contributed by atoms with Gasteiger partial charge in [-0.25, -0.2) is 9.78 Å². The van der Waals surface area contributed by atoms with Gasteiger partial charge in [0.1, 0.15) is 0 Å². The molecule has 7 atom stereocenters. The topological polar surface area (TPSA) is 54.0 Å². The minimum absolute atomic E-state index is 0.0904. The van der Waals surface area contributed by atoms with Gasteiger partial charge in [-0.05, 0) is 32.1 Å². The molecule has 5 aliphatic rings. The average Bonchev–Trinajstić information content (AvgIpc) is 2.61. The van der Waals surface area contributed by atoms with E-state index in [0.717, 1.165) is 25.7 Å². The van der Waals surface area contributed by atoms with Crippen molar-refractivity contribution < 1.29 is 24.0 Å². The maximum absolute atomic E-state index is 12.3. The third-order valence-corrected chi connectivity index (χ3v) is 6.38. The van der Waals surface area contributed by atoms with E-state index in [-0.39, 0.29) is 17.8 Å². The Morgan fingerprint density at radius 1 is 1.05 bits per heavy atom. The zero-order valence-electron chi connectivity index (χ0n) is 13.2. The van der Waals surface area contributed by atoms with Crippen LogP contribution in [-0.4, -0.2) is 23.1 Å². The summed E-state index contributed by atoms with van der Waals surface area (Å²) in [6.45, 7) is 7.94. The van der Waals surface area contributed by atoms with Crippen molar-refractivity contribution >= 4 is 5.97 Å². The Morgan fingerprint density at radius 3 is 2.57 bits per heavy atom. The molecule has 1 aliphatic carbocycles. The van der Waals surface area contributed by atoms with E-state index < -0.39 is 17.2 Å². The Morgan fingerprint density at radius 2 is 1.81 bits per heavy atom. The van der Waals surface area contributed by atoms with Crippen LogP contribution in [0.2, 0.25) is 0 Å².